The Labute approximate surface area is 126 Å². The summed E-state index contributed by atoms with van der Waals surface area (Å²) in [6.07, 6.45) is 19.5. The second kappa shape index (κ2) is 9.04. The van der Waals surface area contributed by atoms with E-state index in [2.05, 4.69) is 11.9 Å². The van der Waals surface area contributed by atoms with Gasteiger partial charge in [-0.3, -0.25) is 4.90 Å². The third-order valence-corrected chi connectivity index (χ3v) is 5.71. The zero-order valence-electron chi connectivity index (χ0n) is 13.7. The van der Waals surface area contributed by atoms with Crippen molar-refractivity contribution in [1.29, 1.82) is 0 Å². The predicted molar refractivity (Wildman–Crippen MR) is 88.0 cm³/mol. The van der Waals surface area contributed by atoms with Crippen LogP contribution in [0.3, 0.4) is 0 Å². The molecule has 2 aliphatic carbocycles. The van der Waals surface area contributed by atoms with Gasteiger partial charge in [-0.2, -0.15) is 0 Å². The van der Waals surface area contributed by atoms with E-state index in [1.54, 1.807) is 0 Å². The molecule has 0 radical (unpaired) electrons. The number of nitrogens with two attached hydrogens (primary N) is 1. The molecule has 118 valence electrons. The molecule has 0 aliphatic heterocycles. The van der Waals surface area contributed by atoms with Crippen LogP contribution < -0.4 is 5.73 Å². The number of hydrogen-bond acceptors (Lipinski definition) is 2. The third kappa shape index (κ3) is 5.04. The average Bonchev–Trinajstić information content (AvgIpc) is 2.96. The molecular formula is C18H36N2. The highest BCUT2D eigenvalue weighted by atomic mass is 15.2. The first-order valence-corrected chi connectivity index (χ1v) is 9.26. The van der Waals surface area contributed by atoms with Gasteiger partial charge in [0.05, 0.1) is 0 Å². The van der Waals surface area contributed by atoms with Crippen LogP contribution in [0.1, 0.15) is 89.9 Å². The lowest BCUT2D eigenvalue weighted by atomic mass is 9.92. The molecule has 2 atom stereocenters. The first-order chi connectivity index (χ1) is 9.79. The van der Waals surface area contributed by atoms with Crippen LogP contribution in [0.15, 0.2) is 0 Å². The molecule has 2 N–H and O–H groups in total. The average molecular weight is 280 g/mol. The number of likely N-dealkylation sites (N-methyl/N-ethyl adjacent to an activating group) is 1. The topological polar surface area (TPSA) is 29.3 Å². The van der Waals surface area contributed by atoms with Gasteiger partial charge in [-0.1, -0.05) is 64.2 Å². The van der Waals surface area contributed by atoms with E-state index in [1.807, 2.05) is 0 Å². The van der Waals surface area contributed by atoms with Crippen LogP contribution in [-0.2, 0) is 0 Å². The lowest BCUT2D eigenvalue weighted by Gasteiger charge is -2.37. The first kappa shape index (κ1) is 16.3. The Balaban J connectivity index is 1.89. The molecule has 2 aliphatic rings. The van der Waals surface area contributed by atoms with Crippen molar-refractivity contribution in [3.05, 3.63) is 0 Å². The van der Waals surface area contributed by atoms with Gasteiger partial charge in [0.25, 0.3) is 0 Å². The Morgan fingerprint density at radius 3 is 1.70 bits per heavy atom. The van der Waals surface area contributed by atoms with Crippen molar-refractivity contribution < 1.29 is 0 Å². The highest BCUT2D eigenvalue weighted by Gasteiger charge is 2.28. The maximum absolute atomic E-state index is 6.59. The van der Waals surface area contributed by atoms with Gasteiger partial charge in [-0.05, 0) is 32.7 Å². The van der Waals surface area contributed by atoms with Gasteiger partial charge in [0, 0.05) is 18.1 Å². The molecule has 20 heavy (non-hydrogen) atoms. The van der Waals surface area contributed by atoms with Crippen LogP contribution in [0.25, 0.3) is 0 Å². The van der Waals surface area contributed by atoms with Crippen LogP contribution in [0.4, 0.5) is 0 Å². The van der Waals surface area contributed by atoms with Crippen LogP contribution in [0.2, 0.25) is 0 Å². The van der Waals surface area contributed by atoms with Crippen molar-refractivity contribution in [2.75, 3.05) is 7.05 Å². The quantitative estimate of drug-likeness (QED) is 0.808. The Bertz CT molecular complexity index is 248. The molecule has 0 aromatic heterocycles. The maximum Gasteiger partial charge on any atom is 0.0247 e. The van der Waals surface area contributed by atoms with E-state index < -0.39 is 0 Å². The minimum Gasteiger partial charge on any atom is -0.326 e. The van der Waals surface area contributed by atoms with Crippen LogP contribution in [0, 0.1) is 0 Å². The van der Waals surface area contributed by atoms with E-state index in [9.17, 15) is 0 Å². The summed E-state index contributed by atoms with van der Waals surface area (Å²) in [5.41, 5.74) is 6.59. The molecule has 2 rings (SSSR count). The van der Waals surface area contributed by atoms with E-state index in [4.69, 9.17) is 5.73 Å². The van der Waals surface area contributed by atoms with Crippen molar-refractivity contribution in [3.8, 4) is 0 Å². The smallest absolute Gasteiger partial charge is 0.0247 e. The minimum absolute atomic E-state index is 0.403. The van der Waals surface area contributed by atoms with Gasteiger partial charge in [0.1, 0.15) is 0 Å². The first-order valence-electron chi connectivity index (χ1n) is 9.26. The van der Waals surface area contributed by atoms with E-state index in [0.29, 0.717) is 12.1 Å². The van der Waals surface area contributed by atoms with Gasteiger partial charge >= 0.3 is 0 Å². The zero-order chi connectivity index (χ0) is 14.2. The summed E-state index contributed by atoms with van der Waals surface area (Å²) >= 11 is 0. The summed E-state index contributed by atoms with van der Waals surface area (Å²) in [5, 5.41) is 0. The Kier molecular flexibility index (Phi) is 7.37. The molecule has 2 saturated carbocycles. The van der Waals surface area contributed by atoms with Crippen molar-refractivity contribution in [2.24, 2.45) is 5.73 Å². The molecule has 2 heteroatoms. The molecular weight excluding hydrogens is 244 g/mol. The van der Waals surface area contributed by atoms with E-state index in [-0.39, 0.29) is 0 Å². The molecule has 0 amide bonds. The number of nitrogens with zero attached hydrogens (tertiary/aromatic N) is 1. The number of hydrogen-bond donors (Lipinski definition) is 1. The molecule has 0 bridgehead atoms. The van der Waals surface area contributed by atoms with E-state index >= 15 is 0 Å². The minimum atomic E-state index is 0.403. The van der Waals surface area contributed by atoms with Gasteiger partial charge in [-0.25, -0.2) is 0 Å². The Morgan fingerprint density at radius 1 is 0.650 bits per heavy atom. The molecule has 0 saturated heterocycles. The van der Waals surface area contributed by atoms with Crippen molar-refractivity contribution >= 4 is 0 Å². The SMILES string of the molecule is CN(C1CCCC1)C1CCCCCCCCCCC1N. The molecule has 0 aromatic carbocycles. The lowest BCUT2D eigenvalue weighted by molar-refractivity contribution is 0.136. The lowest BCUT2D eigenvalue weighted by Crippen LogP contribution is -2.49. The monoisotopic (exact) mass is 280 g/mol. The molecule has 0 spiro atoms. The van der Waals surface area contributed by atoms with Gasteiger partial charge < -0.3 is 5.73 Å². The molecule has 0 heterocycles. The molecule has 2 unspecified atom stereocenters. The summed E-state index contributed by atoms with van der Waals surface area (Å²) in [6, 6.07) is 1.86. The fraction of sp³-hybridized carbons (Fsp3) is 1.00. The zero-order valence-corrected chi connectivity index (χ0v) is 13.7. The highest BCUT2D eigenvalue weighted by Crippen LogP contribution is 2.27. The third-order valence-electron chi connectivity index (χ3n) is 5.71. The van der Waals surface area contributed by atoms with Crippen molar-refractivity contribution in [1.82, 2.24) is 4.90 Å². The largest absolute Gasteiger partial charge is 0.326 e. The van der Waals surface area contributed by atoms with Gasteiger partial charge in [-0.15, -0.1) is 0 Å². The van der Waals surface area contributed by atoms with Crippen LogP contribution in [-0.4, -0.2) is 30.1 Å². The summed E-state index contributed by atoms with van der Waals surface area (Å²) in [5.74, 6) is 0. The van der Waals surface area contributed by atoms with Crippen molar-refractivity contribution in [2.45, 2.75) is 108 Å². The summed E-state index contributed by atoms with van der Waals surface area (Å²) < 4.78 is 0. The summed E-state index contributed by atoms with van der Waals surface area (Å²) in [4.78, 5) is 2.67. The standard InChI is InChI=1S/C18H36N2/c1-20(16-12-10-11-13-16)18-15-9-7-5-3-2-4-6-8-14-17(18)19/h16-18H,2-15,19H2,1H3. The van der Waals surface area contributed by atoms with Gasteiger partial charge in [0.15, 0.2) is 0 Å². The molecule has 0 aromatic rings. The van der Waals surface area contributed by atoms with E-state index in [0.717, 1.165) is 6.04 Å². The second-order valence-corrected chi connectivity index (χ2v) is 7.24. The van der Waals surface area contributed by atoms with Crippen molar-refractivity contribution in [3.63, 3.8) is 0 Å². The fourth-order valence-corrected chi connectivity index (χ4v) is 4.29. The summed E-state index contributed by atoms with van der Waals surface area (Å²) in [6.45, 7) is 0. The molecule has 2 nitrogen and oxygen atoms in total. The maximum atomic E-state index is 6.59. The fourth-order valence-electron chi connectivity index (χ4n) is 4.29. The van der Waals surface area contributed by atoms with Crippen LogP contribution in [0.5, 0.6) is 0 Å². The Morgan fingerprint density at radius 2 is 1.10 bits per heavy atom. The highest BCUT2D eigenvalue weighted by molar-refractivity contribution is 4.86. The van der Waals surface area contributed by atoms with Gasteiger partial charge in [0.2, 0.25) is 0 Å². The Hall–Kier alpha value is -0.0800. The van der Waals surface area contributed by atoms with E-state index in [1.165, 1.54) is 89.9 Å². The normalized spacial score (nSPS) is 31.9. The second-order valence-electron chi connectivity index (χ2n) is 7.24. The van der Waals surface area contributed by atoms with Crippen LogP contribution >= 0.6 is 0 Å². The molecule has 2 fully saturated rings. The number of rotatable bonds is 2. The predicted octanol–water partition coefficient (Wildman–Crippen LogP) is 4.47. The summed E-state index contributed by atoms with van der Waals surface area (Å²) in [7, 11) is 2.35.